The Morgan fingerprint density at radius 2 is 1.20 bits per heavy atom. The molecular weight excluding hydrogens is 374 g/mol. The first kappa shape index (κ1) is 19.7. The van der Waals surface area contributed by atoms with Gasteiger partial charge in [0.1, 0.15) is 0 Å². The van der Waals surface area contributed by atoms with Crippen LogP contribution < -0.4 is 10.6 Å². The van der Waals surface area contributed by atoms with Gasteiger partial charge in [0, 0.05) is 30.4 Å². The molecule has 1 heterocycles. The van der Waals surface area contributed by atoms with Gasteiger partial charge in [0.25, 0.3) is 0 Å². The van der Waals surface area contributed by atoms with Crippen LogP contribution in [0, 0.1) is 5.92 Å². The number of carbonyl (C=O) groups is 2. The molecule has 0 atom stereocenters. The highest BCUT2D eigenvalue weighted by molar-refractivity contribution is 5.93. The summed E-state index contributed by atoms with van der Waals surface area (Å²) >= 11 is 0. The monoisotopic (exact) mass is 399 g/mol. The Morgan fingerprint density at radius 1 is 0.667 bits per heavy atom. The van der Waals surface area contributed by atoms with Crippen LogP contribution in [0.3, 0.4) is 0 Å². The number of urea groups is 1. The molecule has 0 bridgehead atoms. The van der Waals surface area contributed by atoms with Gasteiger partial charge in [0.15, 0.2) is 0 Å². The lowest BCUT2D eigenvalue weighted by molar-refractivity contribution is -0.121. The molecule has 0 aliphatic carbocycles. The number of anilines is 2. The number of nitrogens with zero attached hydrogens (tertiary/aromatic N) is 1. The van der Waals surface area contributed by atoms with E-state index in [9.17, 15) is 9.59 Å². The Labute approximate surface area is 176 Å². The fraction of sp³-hybridized carbons (Fsp3) is 0.200. The lowest BCUT2D eigenvalue weighted by atomic mass is 9.96. The molecule has 2 N–H and O–H groups in total. The minimum atomic E-state index is -0.114. The molecular formula is C25H25N3O2. The van der Waals surface area contributed by atoms with E-state index < -0.39 is 0 Å². The largest absolute Gasteiger partial charge is 0.326 e. The SMILES string of the molecule is O=C(Nc1ccc(-c2ccccc2)cc1)C1CCN(C(=O)Nc2ccccc2)CC1. The summed E-state index contributed by atoms with van der Waals surface area (Å²) in [6.45, 7) is 1.15. The van der Waals surface area contributed by atoms with Crippen molar-refractivity contribution < 1.29 is 9.59 Å². The normalized spacial score (nSPS) is 14.2. The highest BCUT2D eigenvalue weighted by atomic mass is 16.2. The highest BCUT2D eigenvalue weighted by Gasteiger charge is 2.27. The Hall–Kier alpha value is -3.60. The van der Waals surface area contributed by atoms with Crippen molar-refractivity contribution in [3.63, 3.8) is 0 Å². The molecule has 1 aliphatic heterocycles. The minimum Gasteiger partial charge on any atom is -0.326 e. The van der Waals surface area contributed by atoms with Crippen LogP contribution in [0.4, 0.5) is 16.2 Å². The molecule has 3 aromatic rings. The van der Waals surface area contributed by atoms with Gasteiger partial charge in [-0.15, -0.1) is 0 Å². The molecule has 152 valence electrons. The first-order valence-electron chi connectivity index (χ1n) is 10.3. The lowest BCUT2D eigenvalue weighted by Gasteiger charge is -2.31. The van der Waals surface area contributed by atoms with E-state index in [-0.39, 0.29) is 17.9 Å². The second kappa shape index (κ2) is 9.27. The van der Waals surface area contributed by atoms with Gasteiger partial charge in [-0.05, 0) is 48.2 Å². The predicted molar refractivity (Wildman–Crippen MR) is 120 cm³/mol. The van der Waals surface area contributed by atoms with E-state index in [0.717, 1.165) is 22.5 Å². The topological polar surface area (TPSA) is 61.4 Å². The molecule has 3 amide bonds. The molecule has 0 saturated carbocycles. The molecule has 4 rings (SSSR count). The van der Waals surface area contributed by atoms with Crippen LogP contribution in [-0.4, -0.2) is 29.9 Å². The molecule has 0 spiro atoms. The molecule has 3 aromatic carbocycles. The van der Waals surface area contributed by atoms with E-state index in [1.165, 1.54) is 0 Å². The Morgan fingerprint density at radius 3 is 1.83 bits per heavy atom. The number of para-hydroxylation sites is 1. The Bertz CT molecular complexity index is 980. The van der Waals surface area contributed by atoms with E-state index in [1.807, 2.05) is 72.8 Å². The summed E-state index contributed by atoms with van der Waals surface area (Å²) < 4.78 is 0. The Balaban J connectivity index is 1.28. The number of hydrogen-bond acceptors (Lipinski definition) is 2. The predicted octanol–water partition coefficient (Wildman–Crippen LogP) is 5.24. The van der Waals surface area contributed by atoms with Crippen LogP contribution in [0.1, 0.15) is 12.8 Å². The van der Waals surface area contributed by atoms with Crippen LogP contribution >= 0.6 is 0 Å². The maximum Gasteiger partial charge on any atom is 0.321 e. The number of likely N-dealkylation sites (tertiary alicyclic amines) is 1. The molecule has 5 heteroatoms. The third-order valence-corrected chi connectivity index (χ3v) is 5.44. The minimum absolute atomic E-state index is 0.0191. The summed E-state index contributed by atoms with van der Waals surface area (Å²) in [5, 5.41) is 5.92. The standard InChI is InChI=1S/C25H25N3O2/c29-24(26-23-13-11-20(12-14-23)19-7-3-1-4-8-19)21-15-17-28(18-16-21)25(30)27-22-9-5-2-6-10-22/h1-14,21H,15-18H2,(H,26,29)(H,27,30). The van der Waals surface area contributed by atoms with E-state index in [1.54, 1.807) is 4.90 Å². The second-order valence-electron chi connectivity index (χ2n) is 7.49. The lowest BCUT2D eigenvalue weighted by Crippen LogP contribution is -2.43. The smallest absolute Gasteiger partial charge is 0.321 e. The van der Waals surface area contributed by atoms with Gasteiger partial charge in [-0.2, -0.15) is 0 Å². The summed E-state index contributed by atoms with van der Waals surface area (Å²) in [4.78, 5) is 26.8. The van der Waals surface area contributed by atoms with Crippen molar-refractivity contribution in [1.29, 1.82) is 0 Å². The third-order valence-electron chi connectivity index (χ3n) is 5.44. The van der Waals surface area contributed by atoms with Crippen LogP contribution in [0.25, 0.3) is 11.1 Å². The number of carbonyl (C=O) groups excluding carboxylic acids is 2. The molecule has 1 aliphatic rings. The highest BCUT2D eigenvalue weighted by Crippen LogP contribution is 2.23. The summed E-state index contributed by atoms with van der Waals surface area (Å²) in [5.41, 5.74) is 3.84. The first-order chi connectivity index (χ1) is 14.7. The van der Waals surface area contributed by atoms with Gasteiger partial charge in [-0.3, -0.25) is 4.79 Å². The maximum atomic E-state index is 12.7. The van der Waals surface area contributed by atoms with E-state index in [4.69, 9.17) is 0 Å². The molecule has 0 aromatic heterocycles. The van der Waals surface area contributed by atoms with Gasteiger partial charge >= 0.3 is 6.03 Å². The number of benzene rings is 3. The second-order valence-corrected chi connectivity index (χ2v) is 7.49. The van der Waals surface area contributed by atoms with Crippen molar-refractivity contribution in [3.05, 3.63) is 84.9 Å². The number of amides is 3. The number of hydrogen-bond donors (Lipinski definition) is 2. The molecule has 0 radical (unpaired) electrons. The van der Waals surface area contributed by atoms with E-state index >= 15 is 0 Å². The summed E-state index contributed by atoms with van der Waals surface area (Å²) in [5.74, 6) is -0.0647. The van der Waals surface area contributed by atoms with Gasteiger partial charge in [0.05, 0.1) is 0 Å². The van der Waals surface area contributed by atoms with Crippen molar-refractivity contribution in [1.82, 2.24) is 4.90 Å². The summed E-state index contributed by atoms with van der Waals surface area (Å²) in [6.07, 6.45) is 1.33. The Kier molecular flexibility index (Phi) is 6.09. The number of nitrogens with one attached hydrogen (secondary N) is 2. The van der Waals surface area contributed by atoms with Crippen molar-refractivity contribution in [2.45, 2.75) is 12.8 Å². The van der Waals surface area contributed by atoms with Crippen LogP contribution in [-0.2, 0) is 4.79 Å². The van der Waals surface area contributed by atoms with Crippen LogP contribution in [0.15, 0.2) is 84.9 Å². The van der Waals surface area contributed by atoms with Crippen molar-refractivity contribution in [2.75, 3.05) is 23.7 Å². The molecule has 5 nitrogen and oxygen atoms in total. The number of rotatable bonds is 4. The zero-order valence-electron chi connectivity index (χ0n) is 16.8. The molecule has 1 saturated heterocycles. The van der Waals surface area contributed by atoms with Crippen molar-refractivity contribution in [3.8, 4) is 11.1 Å². The van der Waals surface area contributed by atoms with Crippen molar-refractivity contribution >= 4 is 23.3 Å². The van der Waals surface area contributed by atoms with Gasteiger partial charge in [-0.1, -0.05) is 60.7 Å². The number of piperidine rings is 1. The maximum absolute atomic E-state index is 12.7. The van der Waals surface area contributed by atoms with Gasteiger partial charge < -0.3 is 15.5 Å². The van der Waals surface area contributed by atoms with E-state index in [2.05, 4.69) is 22.8 Å². The zero-order valence-corrected chi connectivity index (χ0v) is 16.8. The first-order valence-corrected chi connectivity index (χ1v) is 10.3. The van der Waals surface area contributed by atoms with E-state index in [0.29, 0.717) is 25.9 Å². The third kappa shape index (κ3) is 4.87. The molecule has 0 unspecified atom stereocenters. The van der Waals surface area contributed by atoms with Crippen LogP contribution in [0.2, 0.25) is 0 Å². The average Bonchev–Trinajstić information content (AvgIpc) is 2.81. The summed E-state index contributed by atoms with van der Waals surface area (Å²) in [6, 6.07) is 27.3. The quantitative estimate of drug-likeness (QED) is 0.630. The summed E-state index contributed by atoms with van der Waals surface area (Å²) in [7, 11) is 0. The molecule has 1 fully saturated rings. The van der Waals surface area contributed by atoms with Crippen molar-refractivity contribution in [2.24, 2.45) is 5.92 Å². The fourth-order valence-electron chi connectivity index (χ4n) is 3.69. The average molecular weight is 399 g/mol. The van der Waals surface area contributed by atoms with Crippen LogP contribution in [0.5, 0.6) is 0 Å². The zero-order chi connectivity index (χ0) is 20.8. The fourth-order valence-corrected chi connectivity index (χ4v) is 3.69. The van der Waals surface area contributed by atoms with Gasteiger partial charge in [-0.25, -0.2) is 4.79 Å². The molecule has 30 heavy (non-hydrogen) atoms. The van der Waals surface area contributed by atoms with Gasteiger partial charge in [0.2, 0.25) is 5.91 Å².